The van der Waals surface area contributed by atoms with E-state index in [0.29, 0.717) is 11.8 Å². The monoisotopic (exact) mass is 184 g/mol. The zero-order valence-corrected chi connectivity index (χ0v) is 8.03. The fourth-order valence-corrected chi connectivity index (χ4v) is 3.66. The van der Waals surface area contributed by atoms with Crippen molar-refractivity contribution in [2.75, 3.05) is 6.61 Å². The minimum Gasteiger partial charge on any atom is -0.393 e. The highest BCUT2D eigenvalue weighted by atomic mass is 16.6. The quantitative estimate of drug-likeness (QED) is 0.570. The van der Waals surface area contributed by atoms with Crippen LogP contribution in [0.3, 0.4) is 0 Å². The first-order valence-corrected chi connectivity index (χ1v) is 5.01. The number of aliphatic hydroxyl groups excluding tert-OH is 2. The Morgan fingerprint density at radius 2 is 2.15 bits per heavy atom. The van der Waals surface area contributed by atoms with Gasteiger partial charge in [0, 0.05) is 0 Å². The van der Waals surface area contributed by atoms with Crippen LogP contribution in [-0.2, 0) is 4.74 Å². The van der Waals surface area contributed by atoms with Crippen molar-refractivity contribution in [1.82, 2.24) is 0 Å². The van der Waals surface area contributed by atoms with Gasteiger partial charge in [-0.1, -0.05) is 13.8 Å². The van der Waals surface area contributed by atoms with Gasteiger partial charge in [0.1, 0.15) is 11.7 Å². The maximum absolute atomic E-state index is 9.92. The fourth-order valence-electron chi connectivity index (χ4n) is 3.66. The highest BCUT2D eigenvalue weighted by Gasteiger charge is 2.78. The highest BCUT2D eigenvalue weighted by molar-refractivity contribution is 5.25. The van der Waals surface area contributed by atoms with E-state index in [1.165, 1.54) is 0 Å². The summed E-state index contributed by atoms with van der Waals surface area (Å²) >= 11 is 0. The molecule has 3 saturated carbocycles. The zero-order valence-electron chi connectivity index (χ0n) is 8.03. The van der Waals surface area contributed by atoms with Crippen molar-refractivity contribution in [2.45, 2.75) is 38.1 Å². The molecule has 5 atom stereocenters. The maximum Gasteiger partial charge on any atom is 0.124 e. The Balaban J connectivity index is 1.98. The molecule has 13 heavy (non-hydrogen) atoms. The van der Waals surface area contributed by atoms with Crippen LogP contribution in [0.15, 0.2) is 0 Å². The number of epoxide rings is 1. The molecule has 0 aromatic carbocycles. The Morgan fingerprint density at radius 3 is 2.69 bits per heavy atom. The van der Waals surface area contributed by atoms with Crippen LogP contribution in [0.1, 0.15) is 20.3 Å². The molecule has 3 nitrogen and oxygen atoms in total. The van der Waals surface area contributed by atoms with E-state index >= 15 is 0 Å². The average molecular weight is 184 g/mol. The topological polar surface area (TPSA) is 53.0 Å². The van der Waals surface area contributed by atoms with Crippen LogP contribution >= 0.6 is 0 Å². The van der Waals surface area contributed by atoms with Gasteiger partial charge < -0.3 is 14.9 Å². The van der Waals surface area contributed by atoms with E-state index in [0.717, 1.165) is 6.42 Å². The maximum atomic E-state index is 9.92. The van der Waals surface area contributed by atoms with Crippen molar-refractivity contribution in [1.29, 1.82) is 0 Å². The molecule has 2 N–H and O–H groups in total. The molecule has 4 aliphatic rings. The molecule has 3 heteroatoms. The molecule has 1 saturated heterocycles. The van der Waals surface area contributed by atoms with Crippen LogP contribution in [0.5, 0.6) is 0 Å². The third-order valence-corrected chi connectivity index (χ3v) is 4.67. The van der Waals surface area contributed by atoms with Crippen molar-refractivity contribution in [3.05, 3.63) is 0 Å². The standard InChI is InChI=1S/C10H16O3/c1-9(2)5-3-6(9)10(4-11)8(13-10)7(5)12/h5-8,11-12H,3-4H2,1-2H3. The third-order valence-electron chi connectivity index (χ3n) is 4.67. The molecule has 4 rings (SSSR count). The predicted octanol–water partition coefficient (Wildman–Crippen LogP) is 0.153. The Hall–Kier alpha value is -0.120. The molecular formula is C10H16O3. The van der Waals surface area contributed by atoms with Gasteiger partial charge in [0.15, 0.2) is 0 Å². The molecule has 2 bridgehead atoms. The lowest BCUT2D eigenvalue weighted by atomic mass is 9.44. The lowest BCUT2D eigenvalue weighted by Crippen LogP contribution is -2.64. The van der Waals surface area contributed by atoms with Crippen molar-refractivity contribution < 1.29 is 14.9 Å². The van der Waals surface area contributed by atoms with E-state index in [2.05, 4.69) is 13.8 Å². The molecule has 74 valence electrons. The van der Waals surface area contributed by atoms with Gasteiger partial charge in [0.05, 0.1) is 12.7 Å². The first-order valence-electron chi connectivity index (χ1n) is 5.01. The SMILES string of the molecule is CC1(C)C2CC1C1(CO)OC1C2O. The number of rotatable bonds is 1. The predicted molar refractivity (Wildman–Crippen MR) is 46.1 cm³/mol. The summed E-state index contributed by atoms with van der Waals surface area (Å²) in [5, 5.41) is 19.2. The summed E-state index contributed by atoms with van der Waals surface area (Å²) < 4.78 is 5.52. The summed E-state index contributed by atoms with van der Waals surface area (Å²) in [6.45, 7) is 4.41. The van der Waals surface area contributed by atoms with Gasteiger partial charge in [-0.15, -0.1) is 0 Å². The molecule has 5 unspecified atom stereocenters. The Bertz CT molecular complexity index is 263. The Kier molecular flexibility index (Phi) is 1.23. The Morgan fingerprint density at radius 1 is 1.46 bits per heavy atom. The van der Waals surface area contributed by atoms with Gasteiger partial charge in [0.25, 0.3) is 0 Å². The van der Waals surface area contributed by atoms with Crippen LogP contribution < -0.4 is 0 Å². The van der Waals surface area contributed by atoms with Gasteiger partial charge in [-0.2, -0.15) is 0 Å². The van der Waals surface area contributed by atoms with Crippen LogP contribution in [0.25, 0.3) is 0 Å². The second-order valence-corrected chi connectivity index (χ2v) is 5.36. The van der Waals surface area contributed by atoms with E-state index in [4.69, 9.17) is 4.74 Å². The van der Waals surface area contributed by atoms with Crippen molar-refractivity contribution >= 4 is 0 Å². The number of aliphatic hydroxyl groups is 2. The van der Waals surface area contributed by atoms with Crippen LogP contribution in [0.4, 0.5) is 0 Å². The van der Waals surface area contributed by atoms with Crippen molar-refractivity contribution in [3.8, 4) is 0 Å². The van der Waals surface area contributed by atoms with E-state index in [1.54, 1.807) is 0 Å². The molecule has 0 radical (unpaired) electrons. The summed E-state index contributed by atoms with van der Waals surface area (Å²) in [6.07, 6.45) is 0.590. The minimum absolute atomic E-state index is 0.0650. The molecular weight excluding hydrogens is 168 g/mol. The largest absolute Gasteiger partial charge is 0.393 e. The molecule has 0 aromatic rings. The van der Waals surface area contributed by atoms with E-state index in [9.17, 15) is 10.2 Å². The van der Waals surface area contributed by atoms with E-state index < -0.39 is 0 Å². The van der Waals surface area contributed by atoms with E-state index in [-0.39, 0.29) is 29.8 Å². The number of ether oxygens (including phenoxy) is 1. The zero-order chi connectivity index (χ0) is 9.43. The average Bonchev–Trinajstić information content (AvgIpc) is 2.80. The lowest BCUT2D eigenvalue weighted by Gasteiger charge is -2.59. The molecule has 4 fully saturated rings. The molecule has 1 aliphatic heterocycles. The molecule has 0 aromatic heterocycles. The van der Waals surface area contributed by atoms with Gasteiger partial charge in [-0.05, 0) is 23.7 Å². The van der Waals surface area contributed by atoms with Crippen LogP contribution in [-0.4, -0.2) is 34.6 Å². The fraction of sp³-hybridized carbons (Fsp3) is 1.00. The highest BCUT2D eigenvalue weighted by Crippen LogP contribution is 2.70. The molecule has 3 aliphatic carbocycles. The number of hydrogen-bond donors (Lipinski definition) is 2. The Labute approximate surface area is 77.7 Å². The van der Waals surface area contributed by atoms with Gasteiger partial charge in [0.2, 0.25) is 0 Å². The third kappa shape index (κ3) is 0.661. The normalized spacial score (nSPS) is 60.9. The van der Waals surface area contributed by atoms with E-state index in [1.807, 2.05) is 0 Å². The summed E-state index contributed by atoms with van der Waals surface area (Å²) in [6, 6.07) is 0. The van der Waals surface area contributed by atoms with Gasteiger partial charge in [-0.3, -0.25) is 0 Å². The van der Waals surface area contributed by atoms with Crippen LogP contribution in [0, 0.1) is 17.3 Å². The molecule has 0 amide bonds. The molecule has 1 heterocycles. The summed E-state index contributed by atoms with van der Waals surface area (Å²) in [5.41, 5.74) is -0.229. The summed E-state index contributed by atoms with van der Waals surface area (Å²) in [7, 11) is 0. The summed E-state index contributed by atoms with van der Waals surface area (Å²) in [5.74, 6) is 0.827. The lowest BCUT2D eigenvalue weighted by molar-refractivity contribution is -0.150. The number of hydrogen-bond acceptors (Lipinski definition) is 3. The molecule has 0 spiro atoms. The second-order valence-electron chi connectivity index (χ2n) is 5.36. The van der Waals surface area contributed by atoms with Gasteiger partial charge >= 0.3 is 0 Å². The van der Waals surface area contributed by atoms with Crippen molar-refractivity contribution in [3.63, 3.8) is 0 Å². The first-order chi connectivity index (χ1) is 6.04. The second kappa shape index (κ2) is 1.95. The van der Waals surface area contributed by atoms with Crippen molar-refractivity contribution in [2.24, 2.45) is 17.3 Å². The minimum atomic E-state index is -0.377. The van der Waals surface area contributed by atoms with Gasteiger partial charge in [-0.25, -0.2) is 0 Å². The smallest absolute Gasteiger partial charge is 0.124 e. The van der Waals surface area contributed by atoms with Crippen LogP contribution in [0.2, 0.25) is 0 Å². The first kappa shape index (κ1) is 8.21. The summed E-state index contributed by atoms with van der Waals surface area (Å²) in [4.78, 5) is 0.